The van der Waals surface area contributed by atoms with Crippen LogP contribution in [0.5, 0.6) is 5.75 Å². The van der Waals surface area contributed by atoms with E-state index in [1.807, 2.05) is 13.0 Å². The van der Waals surface area contributed by atoms with Gasteiger partial charge in [0.2, 0.25) is 17.1 Å². The second-order valence-corrected chi connectivity index (χ2v) is 8.00. The van der Waals surface area contributed by atoms with E-state index in [2.05, 4.69) is 5.32 Å². The van der Waals surface area contributed by atoms with Crippen molar-refractivity contribution in [2.45, 2.75) is 13.8 Å². The topological polar surface area (TPSA) is 85.6 Å². The number of ketones is 1. The van der Waals surface area contributed by atoms with Gasteiger partial charge in [-0.3, -0.25) is 14.4 Å². The molecule has 0 aliphatic carbocycles. The summed E-state index contributed by atoms with van der Waals surface area (Å²) in [7, 11) is 0. The van der Waals surface area contributed by atoms with Crippen molar-refractivity contribution in [3.8, 4) is 17.1 Å². The fraction of sp³-hybridized carbons (Fsp3) is 0.115. The molecule has 6 nitrogen and oxygen atoms in total. The smallest absolute Gasteiger partial charge is 0.235 e. The Morgan fingerprint density at radius 1 is 1.00 bits per heavy atom. The predicted molar refractivity (Wildman–Crippen MR) is 128 cm³/mol. The molecule has 0 spiro atoms. The van der Waals surface area contributed by atoms with Crippen molar-refractivity contribution in [2.24, 2.45) is 0 Å². The maximum Gasteiger partial charge on any atom is 0.235 e. The Bertz CT molecular complexity index is 1410. The van der Waals surface area contributed by atoms with Gasteiger partial charge in [0.1, 0.15) is 5.58 Å². The van der Waals surface area contributed by atoms with Crippen LogP contribution in [0.2, 0.25) is 5.02 Å². The molecular weight excluding hydrogens is 442 g/mol. The molecule has 1 N–H and O–H groups in total. The van der Waals surface area contributed by atoms with E-state index in [1.54, 1.807) is 60.7 Å². The normalized spacial score (nSPS) is 10.8. The zero-order chi connectivity index (χ0) is 23.5. The molecule has 0 saturated carbocycles. The number of hydrogen-bond donors (Lipinski definition) is 1. The van der Waals surface area contributed by atoms with Crippen LogP contribution in [-0.4, -0.2) is 18.3 Å². The maximum atomic E-state index is 13.2. The standard InChI is InChI=1S/C26H20ClNO5/c1-15-3-12-21-23(13-15)33-25(18-4-8-19(27)9-5-18)26(24(21)31)32-14-22(30)17-6-10-20(11-7-17)28-16(2)29/h3-13H,14H2,1-2H3,(H,28,29). The average Bonchev–Trinajstić information content (AvgIpc) is 2.78. The van der Waals surface area contributed by atoms with E-state index in [4.69, 9.17) is 20.8 Å². The Morgan fingerprint density at radius 2 is 1.70 bits per heavy atom. The first-order chi connectivity index (χ1) is 15.8. The molecule has 0 fully saturated rings. The molecule has 4 aromatic rings. The lowest BCUT2D eigenvalue weighted by Gasteiger charge is -2.12. The van der Waals surface area contributed by atoms with Gasteiger partial charge in [0.15, 0.2) is 18.2 Å². The molecule has 0 atom stereocenters. The van der Waals surface area contributed by atoms with Crippen LogP contribution in [0.1, 0.15) is 22.8 Å². The Hall–Kier alpha value is -3.90. The summed E-state index contributed by atoms with van der Waals surface area (Å²) in [6.07, 6.45) is 0. The number of carbonyl (C=O) groups excluding carboxylic acids is 2. The van der Waals surface area contributed by atoms with Gasteiger partial charge >= 0.3 is 0 Å². The molecule has 0 aliphatic heterocycles. The number of nitrogens with one attached hydrogen (secondary N) is 1. The first-order valence-corrected chi connectivity index (χ1v) is 10.6. The highest BCUT2D eigenvalue weighted by atomic mass is 35.5. The summed E-state index contributed by atoms with van der Waals surface area (Å²) in [4.78, 5) is 37.1. The third kappa shape index (κ3) is 4.96. The molecule has 1 amide bonds. The molecule has 3 aromatic carbocycles. The second-order valence-electron chi connectivity index (χ2n) is 7.57. The van der Waals surface area contributed by atoms with Gasteiger partial charge in [0.05, 0.1) is 5.39 Å². The molecule has 1 aromatic heterocycles. The quantitative estimate of drug-likeness (QED) is 0.375. The van der Waals surface area contributed by atoms with Crippen molar-refractivity contribution >= 4 is 39.9 Å². The van der Waals surface area contributed by atoms with Gasteiger partial charge in [0.25, 0.3) is 0 Å². The van der Waals surface area contributed by atoms with Crippen LogP contribution in [-0.2, 0) is 4.79 Å². The van der Waals surface area contributed by atoms with Crippen LogP contribution in [0.15, 0.2) is 75.9 Å². The lowest BCUT2D eigenvalue weighted by molar-refractivity contribution is -0.114. The SMILES string of the molecule is CC(=O)Nc1ccc(C(=O)COc2c(-c3ccc(Cl)cc3)oc3cc(C)ccc3c2=O)cc1. The maximum absolute atomic E-state index is 13.2. The van der Waals surface area contributed by atoms with Crippen molar-refractivity contribution < 1.29 is 18.7 Å². The number of amides is 1. The average molecular weight is 462 g/mol. The largest absolute Gasteiger partial charge is 0.478 e. The number of ether oxygens (including phenoxy) is 1. The number of halogens is 1. The minimum Gasteiger partial charge on any atom is -0.478 e. The fourth-order valence-corrected chi connectivity index (χ4v) is 3.50. The molecule has 1 heterocycles. The molecule has 166 valence electrons. The van der Waals surface area contributed by atoms with Gasteiger partial charge in [0, 0.05) is 28.8 Å². The van der Waals surface area contributed by atoms with E-state index >= 15 is 0 Å². The molecular formula is C26H20ClNO5. The lowest BCUT2D eigenvalue weighted by atomic mass is 10.1. The van der Waals surface area contributed by atoms with Crippen LogP contribution >= 0.6 is 11.6 Å². The molecule has 0 saturated heterocycles. The minimum atomic E-state index is -0.366. The predicted octanol–water partition coefficient (Wildman–Crippen LogP) is 5.64. The van der Waals surface area contributed by atoms with Gasteiger partial charge in [-0.1, -0.05) is 17.7 Å². The highest BCUT2D eigenvalue weighted by Crippen LogP contribution is 2.32. The summed E-state index contributed by atoms with van der Waals surface area (Å²) in [6, 6.07) is 18.5. The number of aryl methyl sites for hydroxylation is 1. The van der Waals surface area contributed by atoms with E-state index in [9.17, 15) is 14.4 Å². The molecule has 33 heavy (non-hydrogen) atoms. The van der Waals surface area contributed by atoms with Gasteiger partial charge in [-0.15, -0.1) is 0 Å². The van der Waals surface area contributed by atoms with Gasteiger partial charge in [-0.25, -0.2) is 0 Å². The molecule has 7 heteroatoms. The van der Waals surface area contributed by atoms with Gasteiger partial charge in [-0.05, 0) is 73.2 Å². The third-order valence-electron chi connectivity index (χ3n) is 4.99. The van der Waals surface area contributed by atoms with E-state index < -0.39 is 0 Å². The summed E-state index contributed by atoms with van der Waals surface area (Å²) in [5, 5.41) is 3.54. The number of hydrogen-bond acceptors (Lipinski definition) is 5. The lowest BCUT2D eigenvalue weighted by Crippen LogP contribution is -2.17. The Labute approximate surface area is 194 Å². The van der Waals surface area contributed by atoms with Gasteiger partial charge < -0.3 is 14.5 Å². The van der Waals surface area contributed by atoms with Crippen molar-refractivity contribution in [2.75, 3.05) is 11.9 Å². The Morgan fingerprint density at radius 3 is 2.36 bits per heavy atom. The summed E-state index contributed by atoms with van der Waals surface area (Å²) < 4.78 is 11.8. The number of rotatable bonds is 6. The van der Waals surface area contributed by atoms with E-state index in [-0.39, 0.29) is 35.2 Å². The zero-order valence-electron chi connectivity index (χ0n) is 18.0. The Balaban J connectivity index is 1.68. The van der Waals surface area contributed by atoms with Crippen LogP contribution in [0.25, 0.3) is 22.3 Å². The summed E-state index contributed by atoms with van der Waals surface area (Å²) in [6.45, 7) is 2.95. The van der Waals surface area contributed by atoms with E-state index in [0.717, 1.165) is 5.56 Å². The number of benzene rings is 3. The van der Waals surface area contributed by atoms with Crippen molar-refractivity contribution in [1.82, 2.24) is 0 Å². The molecule has 0 radical (unpaired) electrons. The summed E-state index contributed by atoms with van der Waals surface area (Å²) in [5.41, 5.74) is 2.57. The first-order valence-electron chi connectivity index (χ1n) is 10.2. The molecule has 0 aliphatic rings. The van der Waals surface area contributed by atoms with Crippen LogP contribution in [0, 0.1) is 6.92 Å². The van der Waals surface area contributed by atoms with Crippen molar-refractivity contribution in [1.29, 1.82) is 0 Å². The van der Waals surface area contributed by atoms with Crippen molar-refractivity contribution in [3.05, 3.63) is 93.1 Å². The first kappa shape index (κ1) is 22.3. The summed E-state index contributed by atoms with van der Waals surface area (Å²) >= 11 is 6.00. The van der Waals surface area contributed by atoms with Crippen LogP contribution in [0.3, 0.4) is 0 Å². The van der Waals surface area contributed by atoms with Crippen LogP contribution < -0.4 is 15.5 Å². The molecule has 4 rings (SSSR count). The zero-order valence-corrected chi connectivity index (χ0v) is 18.7. The van der Waals surface area contributed by atoms with Crippen molar-refractivity contribution in [3.63, 3.8) is 0 Å². The highest BCUT2D eigenvalue weighted by Gasteiger charge is 2.19. The number of anilines is 1. The van der Waals surface area contributed by atoms with Crippen LogP contribution in [0.4, 0.5) is 5.69 Å². The second kappa shape index (κ2) is 9.30. The number of carbonyl (C=O) groups is 2. The molecule has 0 unspecified atom stereocenters. The third-order valence-corrected chi connectivity index (χ3v) is 5.24. The fourth-order valence-electron chi connectivity index (χ4n) is 3.37. The monoisotopic (exact) mass is 461 g/mol. The van der Waals surface area contributed by atoms with Gasteiger partial charge in [-0.2, -0.15) is 0 Å². The number of fused-ring (bicyclic) bond motifs is 1. The van der Waals surface area contributed by atoms with E-state index in [0.29, 0.717) is 32.8 Å². The summed E-state index contributed by atoms with van der Waals surface area (Å²) in [5.74, 6) is -0.347. The number of Topliss-reactive ketones (excluding diaryl/α,β-unsaturated/α-hetero) is 1. The molecule has 0 bridgehead atoms. The Kier molecular flexibility index (Phi) is 6.29. The van der Waals surface area contributed by atoms with E-state index in [1.165, 1.54) is 6.92 Å². The highest BCUT2D eigenvalue weighted by molar-refractivity contribution is 6.30. The minimum absolute atomic E-state index is 0.0445.